The smallest absolute Gasteiger partial charge is 0.421 e. The fourth-order valence-corrected chi connectivity index (χ4v) is 6.49. The van der Waals surface area contributed by atoms with E-state index in [0.29, 0.717) is 30.2 Å². The molecule has 10 heteroatoms. The van der Waals surface area contributed by atoms with Gasteiger partial charge in [-0.25, -0.2) is 23.1 Å². The molecule has 1 spiro atoms. The van der Waals surface area contributed by atoms with Crippen LogP contribution in [0.3, 0.4) is 0 Å². The van der Waals surface area contributed by atoms with Crippen LogP contribution in [0.4, 0.5) is 16.2 Å². The monoisotopic (exact) mass is 572 g/mol. The molecule has 2 aliphatic heterocycles. The number of nitrogens with one attached hydrogen (secondary N) is 1. The average Bonchev–Trinajstić information content (AvgIpc) is 3.44. The van der Waals surface area contributed by atoms with Crippen molar-refractivity contribution in [1.82, 2.24) is 4.98 Å². The minimum atomic E-state index is -3.40. The predicted octanol–water partition coefficient (Wildman–Crippen LogP) is 5.18. The molecule has 2 aromatic carbocycles. The zero-order valence-electron chi connectivity index (χ0n) is 23.9. The summed E-state index contributed by atoms with van der Waals surface area (Å²) >= 11 is 0. The van der Waals surface area contributed by atoms with Gasteiger partial charge < -0.3 is 10.1 Å². The molecule has 212 valence electrons. The van der Waals surface area contributed by atoms with Crippen LogP contribution in [0.25, 0.3) is 0 Å². The lowest BCUT2D eigenvalue weighted by molar-refractivity contribution is -0.120. The molecule has 0 bridgehead atoms. The van der Waals surface area contributed by atoms with E-state index in [9.17, 15) is 18.0 Å². The van der Waals surface area contributed by atoms with Crippen molar-refractivity contribution in [2.75, 3.05) is 16.5 Å². The van der Waals surface area contributed by atoms with E-state index in [1.165, 1.54) is 11.1 Å². The van der Waals surface area contributed by atoms with Crippen LogP contribution in [-0.2, 0) is 31.3 Å². The molecule has 2 amide bonds. The average molecular weight is 573 g/mol. The van der Waals surface area contributed by atoms with Gasteiger partial charge >= 0.3 is 6.09 Å². The summed E-state index contributed by atoms with van der Waals surface area (Å²) in [6, 6.07) is 13.4. The third-order valence-corrected chi connectivity index (χ3v) is 8.89. The number of amides is 2. The molecule has 1 fully saturated rings. The molecule has 0 radical (unpaired) electrons. The van der Waals surface area contributed by atoms with Gasteiger partial charge in [0, 0.05) is 17.7 Å². The molecular weight excluding hydrogens is 540 g/mol. The lowest BCUT2D eigenvalue weighted by Gasteiger charge is -2.24. The van der Waals surface area contributed by atoms with Gasteiger partial charge in [-0.05, 0) is 75.4 Å². The van der Waals surface area contributed by atoms with Crippen molar-refractivity contribution in [3.05, 3.63) is 82.0 Å². The zero-order chi connectivity index (χ0) is 29.5. The Morgan fingerprint density at radius 1 is 1.12 bits per heavy atom. The number of pyridine rings is 1. The topological polar surface area (TPSA) is 118 Å². The molecule has 3 aromatic rings. The molecule has 1 aliphatic carbocycles. The Balaban J connectivity index is 1.27. The van der Waals surface area contributed by atoms with Crippen molar-refractivity contribution in [2.24, 2.45) is 4.99 Å². The maximum Gasteiger partial charge on any atom is 0.421 e. The van der Waals surface area contributed by atoms with Crippen molar-refractivity contribution in [3.8, 4) is 0 Å². The fourth-order valence-electron chi connectivity index (χ4n) is 5.85. The maximum atomic E-state index is 13.9. The summed E-state index contributed by atoms with van der Waals surface area (Å²) in [7, 11) is -3.40. The van der Waals surface area contributed by atoms with E-state index >= 15 is 0 Å². The molecule has 6 rings (SSSR count). The number of imide groups is 1. The number of carbonyl (C=O) groups excluding carboxylic acids is 2. The Bertz CT molecular complexity index is 1790. The number of rotatable bonds is 3. The summed E-state index contributed by atoms with van der Waals surface area (Å²) in [6.45, 7) is 9.65. The number of ether oxygens (including phenoxy) is 1. The lowest BCUT2D eigenvalue weighted by atomic mass is 9.90. The van der Waals surface area contributed by atoms with E-state index < -0.39 is 26.9 Å². The van der Waals surface area contributed by atoms with Crippen LogP contribution in [0.1, 0.15) is 66.5 Å². The quantitative estimate of drug-likeness (QED) is 0.459. The van der Waals surface area contributed by atoms with Gasteiger partial charge in [-0.1, -0.05) is 35.9 Å². The Morgan fingerprint density at radius 2 is 1.88 bits per heavy atom. The third kappa shape index (κ3) is 4.50. The van der Waals surface area contributed by atoms with Gasteiger partial charge in [-0.2, -0.15) is 0 Å². The second-order valence-electron chi connectivity index (χ2n) is 12.2. The lowest BCUT2D eigenvalue weighted by Crippen LogP contribution is -2.41. The second-order valence-corrected chi connectivity index (χ2v) is 14.1. The zero-order valence-corrected chi connectivity index (χ0v) is 24.7. The molecule has 0 unspecified atom stereocenters. The number of carbonyl (C=O) groups is 2. The van der Waals surface area contributed by atoms with Crippen molar-refractivity contribution >= 4 is 39.0 Å². The summed E-state index contributed by atoms with van der Waals surface area (Å²) in [4.78, 5) is 37.0. The number of aliphatic imine (C=N–C) groups is 1. The van der Waals surface area contributed by atoms with Gasteiger partial charge in [0.15, 0.2) is 14.9 Å². The molecule has 2 atom stereocenters. The second kappa shape index (κ2) is 8.97. The first-order valence-corrected chi connectivity index (χ1v) is 15.4. The molecule has 0 saturated heterocycles. The number of anilines is 2. The van der Waals surface area contributed by atoms with Crippen LogP contribution in [0.5, 0.6) is 0 Å². The van der Waals surface area contributed by atoms with Crippen LogP contribution in [0, 0.1) is 13.8 Å². The largest absolute Gasteiger partial charge is 0.443 e. The highest BCUT2D eigenvalue weighted by Crippen LogP contribution is 2.66. The summed E-state index contributed by atoms with van der Waals surface area (Å²) in [5.74, 6) is 0.375. The molecule has 1 saturated carbocycles. The van der Waals surface area contributed by atoms with E-state index in [-0.39, 0.29) is 16.9 Å². The predicted molar refractivity (Wildman–Crippen MR) is 156 cm³/mol. The normalized spacial score (nSPS) is 21.0. The van der Waals surface area contributed by atoms with E-state index in [1.807, 2.05) is 44.2 Å². The summed E-state index contributed by atoms with van der Waals surface area (Å²) in [6.07, 6.45) is 2.61. The van der Waals surface area contributed by atoms with Crippen LogP contribution < -0.4 is 10.2 Å². The molecule has 3 aliphatic rings. The maximum absolute atomic E-state index is 13.9. The van der Waals surface area contributed by atoms with E-state index in [4.69, 9.17) is 4.74 Å². The van der Waals surface area contributed by atoms with E-state index in [0.717, 1.165) is 39.6 Å². The van der Waals surface area contributed by atoms with Gasteiger partial charge in [0.2, 0.25) is 5.91 Å². The minimum Gasteiger partial charge on any atom is -0.443 e. The Hall–Kier alpha value is -4.05. The first-order chi connectivity index (χ1) is 19.2. The number of aromatic nitrogens is 1. The van der Waals surface area contributed by atoms with Crippen molar-refractivity contribution < 1.29 is 22.7 Å². The molecular formula is C31H32N4O5S. The van der Waals surface area contributed by atoms with Gasteiger partial charge in [0.25, 0.3) is 0 Å². The highest BCUT2D eigenvalue weighted by molar-refractivity contribution is 7.90. The third-order valence-electron chi connectivity index (χ3n) is 7.91. The van der Waals surface area contributed by atoms with Crippen LogP contribution in [-0.4, -0.2) is 43.1 Å². The highest BCUT2D eigenvalue weighted by Gasteiger charge is 2.68. The molecule has 3 heterocycles. The number of hydrogen-bond donors (Lipinski definition) is 1. The van der Waals surface area contributed by atoms with Gasteiger partial charge in [0.1, 0.15) is 11.4 Å². The Labute approximate surface area is 239 Å². The summed E-state index contributed by atoms with van der Waals surface area (Å²) < 4.78 is 29.3. The molecule has 1 N–H and O–H groups in total. The first kappa shape index (κ1) is 27.1. The van der Waals surface area contributed by atoms with Crippen LogP contribution >= 0.6 is 0 Å². The number of fused-ring (bicyclic) bond motifs is 3. The van der Waals surface area contributed by atoms with Gasteiger partial charge in [-0.15, -0.1) is 0 Å². The van der Waals surface area contributed by atoms with Crippen LogP contribution in [0.15, 0.2) is 58.7 Å². The number of hydrogen-bond acceptors (Lipinski definition) is 8. The van der Waals surface area contributed by atoms with Gasteiger partial charge in [-0.3, -0.25) is 9.79 Å². The van der Waals surface area contributed by atoms with Crippen LogP contribution in [0.2, 0.25) is 0 Å². The number of nitrogens with zero attached hydrogens (tertiary/aromatic N) is 3. The van der Waals surface area contributed by atoms with Crippen molar-refractivity contribution in [1.29, 1.82) is 0 Å². The van der Waals surface area contributed by atoms with Crippen molar-refractivity contribution in [3.63, 3.8) is 0 Å². The highest BCUT2D eigenvalue weighted by atomic mass is 32.2. The fraction of sp³-hybridized carbons (Fsp3) is 0.355. The van der Waals surface area contributed by atoms with E-state index in [2.05, 4.69) is 21.4 Å². The molecule has 9 nitrogen and oxygen atoms in total. The van der Waals surface area contributed by atoms with Crippen molar-refractivity contribution in [2.45, 2.75) is 69.5 Å². The Morgan fingerprint density at radius 3 is 2.56 bits per heavy atom. The standard InChI is InChI=1S/C31H32N4O5S/c1-17-7-10-25-22(11-17)31(28(36)35(25)29(37)40-30(3,4)5)14-23(31)19-8-9-21-20(13-19)15-33-27(21)34-24-16-32-26(12-18(24)2)41(6,38)39/h7-13,16,23H,14-15H2,1-6H3,(H,33,34)/t23-,31-/m0/s1. The molecule has 41 heavy (non-hydrogen) atoms. The number of sulfone groups is 1. The summed E-state index contributed by atoms with van der Waals surface area (Å²) in [5.41, 5.74) is 5.41. The molecule has 1 aromatic heterocycles. The number of benzene rings is 2. The number of amidine groups is 1. The van der Waals surface area contributed by atoms with E-state index in [1.54, 1.807) is 26.8 Å². The Kier molecular flexibility index (Phi) is 5.94. The minimum absolute atomic E-state index is 0.0285. The number of aryl methyl sites for hydroxylation is 2. The van der Waals surface area contributed by atoms with Gasteiger partial charge in [0.05, 0.1) is 29.5 Å². The summed E-state index contributed by atoms with van der Waals surface area (Å²) in [5, 5.41) is 3.33. The SMILES string of the molecule is Cc1ccc2c(c1)[C@]1(C[C@H]1c1ccc3c(c1)CN=C3Nc1cnc(S(C)(=O)=O)cc1C)C(=O)N2C(=O)OC(C)(C)C. The first-order valence-electron chi connectivity index (χ1n) is 13.5.